The molecule has 0 amide bonds. The molecule has 1 aliphatic rings. The summed E-state index contributed by atoms with van der Waals surface area (Å²) in [4.78, 5) is 3.72. The van der Waals surface area contributed by atoms with Gasteiger partial charge in [-0.3, -0.25) is 4.98 Å². The predicted molar refractivity (Wildman–Crippen MR) is 51.7 cm³/mol. The fourth-order valence-corrected chi connectivity index (χ4v) is 1.57. The lowest BCUT2D eigenvalue weighted by Gasteiger charge is -2.08. The van der Waals surface area contributed by atoms with Crippen molar-refractivity contribution in [1.82, 2.24) is 10.3 Å². The summed E-state index contributed by atoms with van der Waals surface area (Å²) in [6.07, 6.45) is 2.29. The quantitative estimate of drug-likeness (QED) is 0.783. The van der Waals surface area contributed by atoms with E-state index < -0.39 is 6.17 Å². The second-order valence-electron chi connectivity index (χ2n) is 3.23. The van der Waals surface area contributed by atoms with Crippen molar-refractivity contribution in [2.45, 2.75) is 18.6 Å². The Labute approximate surface area is 87.1 Å². The van der Waals surface area contributed by atoms with Crippen molar-refractivity contribution in [3.05, 3.63) is 29.8 Å². The molecule has 78 valence electrons. The van der Waals surface area contributed by atoms with E-state index in [9.17, 15) is 8.78 Å². The van der Waals surface area contributed by atoms with E-state index in [1.54, 1.807) is 6.20 Å². The molecule has 1 aliphatic heterocycles. The Hall–Kier alpha value is -0.740. The van der Waals surface area contributed by atoms with Crippen LogP contribution in [0.25, 0.3) is 0 Å². The zero-order chi connectivity index (χ0) is 9.26. The van der Waals surface area contributed by atoms with Crippen LogP contribution in [-0.2, 0) is 0 Å². The number of hydrogen-bond donors (Lipinski definition) is 1. The van der Waals surface area contributed by atoms with Crippen LogP contribution in [0.3, 0.4) is 0 Å². The van der Waals surface area contributed by atoms with E-state index in [-0.39, 0.29) is 24.3 Å². The molecule has 1 aromatic heterocycles. The lowest BCUT2D eigenvalue weighted by atomic mass is 10.1. The summed E-state index contributed by atoms with van der Waals surface area (Å²) >= 11 is 0. The number of aromatic nitrogens is 1. The first-order valence-corrected chi connectivity index (χ1v) is 4.23. The summed E-state index contributed by atoms with van der Waals surface area (Å²) in [5.74, 6) is -0.374. The zero-order valence-corrected chi connectivity index (χ0v) is 8.23. The normalized spacial score (nSPS) is 25.9. The number of hydrogen-bond acceptors (Lipinski definition) is 2. The summed E-state index contributed by atoms with van der Waals surface area (Å²) in [5.41, 5.74) is 0.722. The molecule has 5 heteroatoms. The molecule has 0 spiro atoms. The number of alkyl halides is 1. The molecular formula is C9H11ClF2N2. The van der Waals surface area contributed by atoms with Gasteiger partial charge in [0.15, 0.2) is 0 Å². The summed E-state index contributed by atoms with van der Waals surface area (Å²) < 4.78 is 25.5. The minimum absolute atomic E-state index is 0. The van der Waals surface area contributed by atoms with Crippen LogP contribution in [-0.4, -0.2) is 17.7 Å². The minimum Gasteiger partial charge on any atom is -0.307 e. The Bertz CT molecular complexity index is 309. The van der Waals surface area contributed by atoms with Crippen molar-refractivity contribution in [3.8, 4) is 0 Å². The lowest BCUT2D eigenvalue weighted by molar-refractivity contribution is 0.356. The van der Waals surface area contributed by atoms with Crippen LogP contribution in [0.4, 0.5) is 8.78 Å². The Morgan fingerprint density at radius 3 is 2.79 bits per heavy atom. The monoisotopic (exact) mass is 220 g/mol. The SMILES string of the molecule is Cl.Fc1cncc([C@H]2C[C@H](F)CN2)c1. The fourth-order valence-electron chi connectivity index (χ4n) is 1.57. The van der Waals surface area contributed by atoms with Crippen LogP contribution in [0, 0.1) is 5.82 Å². The van der Waals surface area contributed by atoms with Crippen LogP contribution in [0.2, 0.25) is 0 Å². The molecule has 0 radical (unpaired) electrons. The van der Waals surface area contributed by atoms with E-state index in [2.05, 4.69) is 10.3 Å². The van der Waals surface area contributed by atoms with Crippen LogP contribution in [0.15, 0.2) is 18.5 Å². The predicted octanol–water partition coefficient (Wildman–Crippen LogP) is 2.01. The van der Waals surface area contributed by atoms with E-state index in [1.807, 2.05) is 0 Å². The first-order chi connectivity index (χ1) is 6.25. The van der Waals surface area contributed by atoms with E-state index in [0.29, 0.717) is 13.0 Å². The first-order valence-electron chi connectivity index (χ1n) is 4.23. The van der Waals surface area contributed by atoms with Gasteiger partial charge in [0.1, 0.15) is 12.0 Å². The Morgan fingerprint density at radius 2 is 2.21 bits per heavy atom. The van der Waals surface area contributed by atoms with Gasteiger partial charge in [-0.15, -0.1) is 12.4 Å². The smallest absolute Gasteiger partial charge is 0.141 e. The topological polar surface area (TPSA) is 24.9 Å². The highest BCUT2D eigenvalue weighted by atomic mass is 35.5. The van der Waals surface area contributed by atoms with Crippen molar-refractivity contribution in [1.29, 1.82) is 0 Å². The van der Waals surface area contributed by atoms with Crippen molar-refractivity contribution in [3.63, 3.8) is 0 Å². The van der Waals surface area contributed by atoms with Gasteiger partial charge < -0.3 is 5.32 Å². The molecule has 0 saturated carbocycles. The van der Waals surface area contributed by atoms with Crippen LogP contribution >= 0.6 is 12.4 Å². The molecule has 0 unspecified atom stereocenters. The van der Waals surface area contributed by atoms with Gasteiger partial charge in [-0.2, -0.15) is 0 Å². The molecule has 0 aliphatic carbocycles. The molecule has 2 nitrogen and oxygen atoms in total. The minimum atomic E-state index is -0.826. The van der Waals surface area contributed by atoms with Crippen molar-refractivity contribution in [2.75, 3.05) is 6.54 Å². The van der Waals surface area contributed by atoms with E-state index in [0.717, 1.165) is 11.8 Å². The largest absolute Gasteiger partial charge is 0.307 e. The fraction of sp³-hybridized carbons (Fsp3) is 0.444. The van der Waals surface area contributed by atoms with Gasteiger partial charge in [0.25, 0.3) is 0 Å². The molecule has 0 aromatic carbocycles. The van der Waals surface area contributed by atoms with Crippen molar-refractivity contribution < 1.29 is 8.78 Å². The Kier molecular flexibility index (Phi) is 3.77. The van der Waals surface area contributed by atoms with Gasteiger partial charge >= 0.3 is 0 Å². The number of halogens is 3. The average molecular weight is 221 g/mol. The van der Waals surface area contributed by atoms with Gasteiger partial charge in [-0.05, 0) is 18.1 Å². The second-order valence-corrected chi connectivity index (χ2v) is 3.23. The molecule has 14 heavy (non-hydrogen) atoms. The number of pyridine rings is 1. The van der Waals surface area contributed by atoms with Crippen LogP contribution in [0.1, 0.15) is 18.0 Å². The molecule has 2 atom stereocenters. The number of nitrogens with zero attached hydrogens (tertiary/aromatic N) is 1. The van der Waals surface area contributed by atoms with Gasteiger partial charge in [0.05, 0.1) is 6.20 Å². The highest BCUT2D eigenvalue weighted by molar-refractivity contribution is 5.85. The number of nitrogens with one attached hydrogen (secondary N) is 1. The van der Waals surface area contributed by atoms with Gasteiger partial charge in [0, 0.05) is 18.8 Å². The van der Waals surface area contributed by atoms with Crippen LogP contribution in [0.5, 0.6) is 0 Å². The molecule has 2 heterocycles. The maximum Gasteiger partial charge on any atom is 0.141 e. The first kappa shape index (κ1) is 11.3. The van der Waals surface area contributed by atoms with E-state index >= 15 is 0 Å². The molecular weight excluding hydrogens is 210 g/mol. The van der Waals surface area contributed by atoms with Gasteiger partial charge in [-0.1, -0.05) is 0 Å². The van der Waals surface area contributed by atoms with Gasteiger partial charge in [0.2, 0.25) is 0 Å². The molecule has 1 fully saturated rings. The maximum atomic E-state index is 12.8. The van der Waals surface area contributed by atoms with Crippen molar-refractivity contribution in [2.24, 2.45) is 0 Å². The Balaban J connectivity index is 0.000000980. The van der Waals surface area contributed by atoms with Crippen molar-refractivity contribution >= 4 is 12.4 Å². The second kappa shape index (κ2) is 4.66. The summed E-state index contributed by atoms with van der Waals surface area (Å²) in [6, 6.07) is 1.31. The standard InChI is InChI=1S/C9H10F2N2.ClH/c10-7-1-6(3-12-4-7)9-2-8(11)5-13-9;/h1,3-4,8-9,13H,2,5H2;1H/t8-,9+;/m0./s1. The van der Waals surface area contributed by atoms with Crippen LogP contribution < -0.4 is 5.32 Å². The third kappa shape index (κ3) is 2.39. The molecule has 1 saturated heterocycles. The maximum absolute atomic E-state index is 12.8. The molecule has 1 aromatic rings. The number of rotatable bonds is 1. The highest BCUT2D eigenvalue weighted by Crippen LogP contribution is 2.24. The zero-order valence-electron chi connectivity index (χ0n) is 7.41. The molecule has 1 N–H and O–H groups in total. The highest BCUT2D eigenvalue weighted by Gasteiger charge is 2.24. The summed E-state index contributed by atoms with van der Waals surface area (Å²) in [7, 11) is 0. The molecule has 2 rings (SSSR count). The third-order valence-electron chi connectivity index (χ3n) is 2.21. The average Bonchev–Trinajstić information content (AvgIpc) is 2.52. The van der Waals surface area contributed by atoms with E-state index in [1.165, 1.54) is 6.07 Å². The third-order valence-corrected chi connectivity index (χ3v) is 2.21. The molecule has 0 bridgehead atoms. The van der Waals surface area contributed by atoms with Gasteiger partial charge in [-0.25, -0.2) is 8.78 Å². The van der Waals surface area contributed by atoms with E-state index in [4.69, 9.17) is 0 Å². The summed E-state index contributed by atoms with van der Waals surface area (Å²) in [6.45, 7) is 0.348. The Morgan fingerprint density at radius 1 is 1.43 bits per heavy atom. The summed E-state index contributed by atoms with van der Waals surface area (Å²) in [5, 5.41) is 2.97. The lowest BCUT2D eigenvalue weighted by Crippen LogP contribution is -2.14.